The SMILES string of the molecule is CCCCCOc1ccc([C@](O)(CC(C)C)[C@H](CN2CCOCC2)c2ccccc2)cc1. The number of ether oxygens (including phenoxy) is 2. The zero-order chi connectivity index (χ0) is 22.8. The van der Waals surface area contributed by atoms with E-state index >= 15 is 0 Å². The van der Waals surface area contributed by atoms with E-state index in [1.165, 1.54) is 18.4 Å². The van der Waals surface area contributed by atoms with Gasteiger partial charge in [-0.15, -0.1) is 0 Å². The quantitative estimate of drug-likeness (QED) is 0.437. The Hall–Kier alpha value is -1.88. The van der Waals surface area contributed by atoms with Crippen molar-refractivity contribution in [3.05, 3.63) is 65.7 Å². The van der Waals surface area contributed by atoms with Crippen molar-refractivity contribution >= 4 is 0 Å². The molecule has 2 aromatic carbocycles. The zero-order valence-corrected chi connectivity index (χ0v) is 20.1. The van der Waals surface area contributed by atoms with E-state index < -0.39 is 5.60 Å². The molecule has 1 heterocycles. The second-order valence-corrected chi connectivity index (χ2v) is 9.48. The van der Waals surface area contributed by atoms with Gasteiger partial charge >= 0.3 is 0 Å². The monoisotopic (exact) mass is 439 g/mol. The molecule has 1 saturated heterocycles. The zero-order valence-electron chi connectivity index (χ0n) is 20.1. The Bertz CT molecular complexity index is 771. The lowest BCUT2D eigenvalue weighted by molar-refractivity contribution is -0.0356. The van der Waals surface area contributed by atoms with Crippen LogP contribution in [0.5, 0.6) is 5.75 Å². The lowest BCUT2D eigenvalue weighted by Gasteiger charge is -2.42. The standard InChI is InChI=1S/C28H41NO3/c1-4-5-9-18-32-26-14-12-25(13-15-26)28(30,21-23(2)3)27(24-10-7-6-8-11-24)22-29-16-19-31-20-17-29/h6-8,10-15,23,27,30H,4-5,9,16-22H2,1-3H3/t27-,28-/m1/s1. The summed E-state index contributed by atoms with van der Waals surface area (Å²) in [4.78, 5) is 2.43. The third kappa shape index (κ3) is 6.81. The van der Waals surface area contributed by atoms with E-state index in [-0.39, 0.29) is 5.92 Å². The van der Waals surface area contributed by atoms with Crippen molar-refractivity contribution in [2.45, 2.75) is 58.0 Å². The van der Waals surface area contributed by atoms with Gasteiger partial charge in [-0.05, 0) is 42.0 Å². The van der Waals surface area contributed by atoms with Crippen molar-refractivity contribution in [2.24, 2.45) is 5.92 Å². The van der Waals surface area contributed by atoms with Crippen LogP contribution in [-0.4, -0.2) is 49.5 Å². The Morgan fingerprint density at radius 1 is 1.00 bits per heavy atom. The van der Waals surface area contributed by atoms with Gasteiger partial charge in [0.2, 0.25) is 0 Å². The number of morpholine rings is 1. The average Bonchev–Trinajstić information content (AvgIpc) is 2.81. The highest BCUT2D eigenvalue weighted by atomic mass is 16.5. The fraction of sp³-hybridized carbons (Fsp3) is 0.571. The first kappa shape index (κ1) is 24.8. The Morgan fingerprint density at radius 2 is 1.69 bits per heavy atom. The molecule has 1 aliphatic rings. The normalized spacial score (nSPS) is 17.8. The minimum Gasteiger partial charge on any atom is -0.494 e. The van der Waals surface area contributed by atoms with Crippen LogP contribution in [0.1, 0.15) is 63.5 Å². The Labute approximate surface area is 194 Å². The molecule has 176 valence electrons. The summed E-state index contributed by atoms with van der Waals surface area (Å²) in [5.41, 5.74) is 1.19. The average molecular weight is 440 g/mol. The molecule has 0 saturated carbocycles. The van der Waals surface area contributed by atoms with Gasteiger partial charge in [0.25, 0.3) is 0 Å². The molecule has 0 aromatic heterocycles. The highest BCUT2D eigenvalue weighted by Crippen LogP contribution is 2.43. The molecule has 0 aliphatic carbocycles. The third-order valence-corrected chi connectivity index (χ3v) is 6.41. The highest BCUT2D eigenvalue weighted by molar-refractivity contribution is 5.35. The minimum absolute atomic E-state index is 0.0273. The van der Waals surface area contributed by atoms with Crippen molar-refractivity contribution in [3.8, 4) is 5.75 Å². The van der Waals surface area contributed by atoms with Crippen LogP contribution in [0.15, 0.2) is 54.6 Å². The van der Waals surface area contributed by atoms with E-state index in [4.69, 9.17) is 9.47 Å². The molecule has 0 radical (unpaired) electrons. The molecular formula is C28H41NO3. The van der Waals surface area contributed by atoms with Gasteiger partial charge in [-0.2, -0.15) is 0 Å². The first-order valence-electron chi connectivity index (χ1n) is 12.3. The second-order valence-electron chi connectivity index (χ2n) is 9.48. The summed E-state index contributed by atoms with van der Waals surface area (Å²) in [7, 11) is 0. The first-order chi connectivity index (χ1) is 15.5. The van der Waals surface area contributed by atoms with Gasteiger partial charge in [-0.3, -0.25) is 4.90 Å². The summed E-state index contributed by atoms with van der Waals surface area (Å²) in [6.45, 7) is 11.5. The van der Waals surface area contributed by atoms with Gasteiger partial charge in [0.1, 0.15) is 5.75 Å². The van der Waals surface area contributed by atoms with Gasteiger partial charge in [0, 0.05) is 25.6 Å². The van der Waals surface area contributed by atoms with E-state index in [2.05, 4.69) is 62.1 Å². The number of hydrogen-bond acceptors (Lipinski definition) is 4. The molecule has 1 N–H and O–H groups in total. The van der Waals surface area contributed by atoms with E-state index in [1.807, 2.05) is 18.2 Å². The largest absolute Gasteiger partial charge is 0.494 e. The van der Waals surface area contributed by atoms with Crippen molar-refractivity contribution in [3.63, 3.8) is 0 Å². The second kappa shape index (κ2) is 12.4. The van der Waals surface area contributed by atoms with Crippen LogP contribution < -0.4 is 4.74 Å². The van der Waals surface area contributed by atoms with Gasteiger partial charge < -0.3 is 14.6 Å². The summed E-state index contributed by atoms with van der Waals surface area (Å²) in [5.74, 6) is 1.21. The van der Waals surface area contributed by atoms with Crippen LogP contribution in [0.4, 0.5) is 0 Å². The molecule has 3 rings (SSSR count). The third-order valence-electron chi connectivity index (χ3n) is 6.41. The Morgan fingerprint density at radius 3 is 2.31 bits per heavy atom. The van der Waals surface area contributed by atoms with Crippen LogP contribution in [0, 0.1) is 5.92 Å². The highest BCUT2D eigenvalue weighted by Gasteiger charge is 2.41. The molecule has 0 spiro atoms. The van der Waals surface area contributed by atoms with Crippen LogP contribution in [0.2, 0.25) is 0 Å². The molecule has 4 nitrogen and oxygen atoms in total. The van der Waals surface area contributed by atoms with Gasteiger partial charge in [0.05, 0.1) is 25.4 Å². The molecule has 2 atom stereocenters. The number of benzene rings is 2. The summed E-state index contributed by atoms with van der Waals surface area (Å²) >= 11 is 0. The maximum absolute atomic E-state index is 12.3. The summed E-state index contributed by atoms with van der Waals surface area (Å²) in [6.07, 6.45) is 4.15. The molecule has 0 unspecified atom stereocenters. The molecule has 2 aromatic rings. The Balaban J connectivity index is 1.88. The van der Waals surface area contributed by atoms with E-state index in [1.54, 1.807) is 0 Å². The fourth-order valence-corrected chi connectivity index (χ4v) is 4.72. The molecule has 1 aliphatic heterocycles. The maximum atomic E-state index is 12.3. The van der Waals surface area contributed by atoms with Gasteiger partial charge in [-0.1, -0.05) is 76.1 Å². The predicted octanol–water partition coefficient (Wildman–Crippen LogP) is 5.61. The topological polar surface area (TPSA) is 41.9 Å². The number of unbranched alkanes of at least 4 members (excludes halogenated alkanes) is 2. The minimum atomic E-state index is -0.964. The maximum Gasteiger partial charge on any atom is 0.119 e. The van der Waals surface area contributed by atoms with E-state index in [0.717, 1.165) is 57.2 Å². The van der Waals surface area contributed by atoms with Crippen molar-refractivity contribution in [1.82, 2.24) is 4.90 Å². The molecule has 1 fully saturated rings. The van der Waals surface area contributed by atoms with Gasteiger partial charge in [0.15, 0.2) is 0 Å². The number of rotatable bonds is 12. The molecular weight excluding hydrogens is 398 g/mol. The smallest absolute Gasteiger partial charge is 0.119 e. The number of nitrogens with zero attached hydrogens (tertiary/aromatic N) is 1. The van der Waals surface area contributed by atoms with Crippen LogP contribution in [0.3, 0.4) is 0 Å². The molecule has 0 bridgehead atoms. The molecule has 32 heavy (non-hydrogen) atoms. The van der Waals surface area contributed by atoms with Crippen LogP contribution >= 0.6 is 0 Å². The summed E-state index contributed by atoms with van der Waals surface area (Å²) in [5, 5.41) is 12.3. The summed E-state index contributed by atoms with van der Waals surface area (Å²) in [6, 6.07) is 18.7. The lowest BCUT2D eigenvalue weighted by atomic mass is 9.72. The predicted molar refractivity (Wildman–Crippen MR) is 131 cm³/mol. The fourth-order valence-electron chi connectivity index (χ4n) is 4.72. The van der Waals surface area contributed by atoms with E-state index in [9.17, 15) is 5.11 Å². The van der Waals surface area contributed by atoms with Crippen LogP contribution in [-0.2, 0) is 10.3 Å². The van der Waals surface area contributed by atoms with Gasteiger partial charge in [-0.25, -0.2) is 0 Å². The van der Waals surface area contributed by atoms with Crippen LogP contribution in [0.25, 0.3) is 0 Å². The van der Waals surface area contributed by atoms with Crippen molar-refractivity contribution < 1.29 is 14.6 Å². The summed E-state index contributed by atoms with van der Waals surface area (Å²) < 4.78 is 11.5. The first-order valence-corrected chi connectivity index (χ1v) is 12.3. The molecule has 0 amide bonds. The van der Waals surface area contributed by atoms with E-state index in [0.29, 0.717) is 12.3 Å². The molecule has 4 heteroatoms. The number of aliphatic hydroxyl groups is 1. The van der Waals surface area contributed by atoms with Crippen molar-refractivity contribution in [2.75, 3.05) is 39.5 Å². The van der Waals surface area contributed by atoms with Crippen molar-refractivity contribution in [1.29, 1.82) is 0 Å². The number of hydrogen-bond donors (Lipinski definition) is 1. The Kier molecular flexibility index (Phi) is 9.58. The lowest BCUT2D eigenvalue weighted by Crippen LogP contribution is -2.45.